The number of nitrogens with zero attached hydrogens (tertiary/aromatic N) is 2. The molecule has 2 N–H and O–H groups in total. The minimum atomic E-state index is 0.200. The van der Waals surface area contributed by atoms with Crippen LogP contribution in [0.4, 0.5) is 5.82 Å². The molecule has 18 heavy (non-hydrogen) atoms. The molecule has 0 radical (unpaired) electrons. The Morgan fingerprint density at radius 2 is 2.28 bits per heavy atom. The van der Waals surface area contributed by atoms with E-state index in [-0.39, 0.29) is 6.04 Å². The summed E-state index contributed by atoms with van der Waals surface area (Å²) in [6, 6.07) is 3.06. The van der Waals surface area contributed by atoms with Crippen molar-refractivity contribution in [1.82, 2.24) is 4.98 Å². The molecule has 0 amide bonds. The van der Waals surface area contributed by atoms with E-state index in [1.54, 1.807) is 0 Å². The van der Waals surface area contributed by atoms with Gasteiger partial charge in [-0.3, -0.25) is 0 Å². The molecule has 2 unspecified atom stereocenters. The molecule has 2 heterocycles. The van der Waals surface area contributed by atoms with Crippen LogP contribution in [0.1, 0.15) is 44.2 Å². The summed E-state index contributed by atoms with van der Waals surface area (Å²) >= 11 is 0. The van der Waals surface area contributed by atoms with Gasteiger partial charge in [0.25, 0.3) is 0 Å². The van der Waals surface area contributed by atoms with Crippen molar-refractivity contribution in [3.63, 3.8) is 0 Å². The maximum absolute atomic E-state index is 5.84. The lowest BCUT2D eigenvalue weighted by Gasteiger charge is -2.35. The minimum Gasteiger partial charge on any atom is -0.354 e. The van der Waals surface area contributed by atoms with Gasteiger partial charge in [0.1, 0.15) is 5.82 Å². The van der Waals surface area contributed by atoms with Gasteiger partial charge < -0.3 is 10.6 Å². The highest BCUT2D eigenvalue weighted by Crippen LogP contribution is 2.26. The number of piperidine rings is 1. The standard InChI is InChI=1S/C15H25N3/c1-11-8-14(9-12(2)16)10-17-15(11)18-7-5-4-6-13(18)3/h8,10,12-13H,4-7,9,16H2,1-3H3. The minimum absolute atomic E-state index is 0.200. The molecule has 0 saturated carbocycles. The molecular weight excluding hydrogens is 222 g/mol. The van der Waals surface area contributed by atoms with Crippen molar-refractivity contribution in [2.45, 2.75) is 58.5 Å². The number of nitrogens with two attached hydrogens (primary N) is 1. The second-order valence-corrected chi connectivity index (χ2v) is 5.70. The fourth-order valence-electron chi connectivity index (χ4n) is 2.82. The van der Waals surface area contributed by atoms with Crippen LogP contribution in [0.5, 0.6) is 0 Å². The molecule has 2 rings (SSSR count). The Kier molecular flexibility index (Phi) is 4.23. The van der Waals surface area contributed by atoms with E-state index in [9.17, 15) is 0 Å². The molecular formula is C15H25N3. The van der Waals surface area contributed by atoms with Crippen LogP contribution in [0.2, 0.25) is 0 Å². The molecule has 1 aromatic heterocycles. The first-order chi connectivity index (χ1) is 8.58. The van der Waals surface area contributed by atoms with E-state index in [2.05, 4.69) is 29.8 Å². The Morgan fingerprint density at radius 3 is 2.89 bits per heavy atom. The van der Waals surface area contributed by atoms with Gasteiger partial charge in [0.2, 0.25) is 0 Å². The molecule has 1 saturated heterocycles. The molecule has 3 nitrogen and oxygen atoms in total. The number of rotatable bonds is 3. The van der Waals surface area contributed by atoms with Crippen molar-refractivity contribution in [3.05, 3.63) is 23.4 Å². The summed E-state index contributed by atoms with van der Waals surface area (Å²) in [5.41, 5.74) is 8.36. The van der Waals surface area contributed by atoms with Crippen LogP contribution in [-0.2, 0) is 6.42 Å². The maximum atomic E-state index is 5.84. The molecule has 0 aromatic carbocycles. The quantitative estimate of drug-likeness (QED) is 0.893. The van der Waals surface area contributed by atoms with Gasteiger partial charge in [-0.1, -0.05) is 6.07 Å². The van der Waals surface area contributed by atoms with Gasteiger partial charge in [0.15, 0.2) is 0 Å². The lowest BCUT2D eigenvalue weighted by Crippen LogP contribution is -2.38. The van der Waals surface area contributed by atoms with Gasteiger partial charge in [-0.25, -0.2) is 4.98 Å². The number of hydrogen-bond acceptors (Lipinski definition) is 3. The smallest absolute Gasteiger partial charge is 0.131 e. The van der Waals surface area contributed by atoms with E-state index >= 15 is 0 Å². The SMILES string of the molecule is Cc1cc(CC(C)N)cnc1N1CCCCC1C. The van der Waals surface area contributed by atoms with Crippen LogP contribution in [0.3, 0.4) is 0 Å². The highest BCUT2D eigenvalue weighted by atomic mass is 15.2. The van der Waals surface area contributed by atoms with Gasteiger partial charge in [-0.05, 0) is 57.6 Å². The molecule has 3 heteroatoms. The van der Waals surface area contributed by atoms with Crippen LogP contribution >= 0.6 is 0 Å². The first kappa shape index (κ1) is 13.3. The summed E-state index contributed by atoms with van der Waals surface area (Å²) in [5.74, 6) is 1.16. The lowest BCUT2D eigenvalue weighted by molar-refractivity contribution is 0.480. The van der Waals surface area contributed by atoms with Gasteiger partial charge in [-0.2, -0.15) is 0 Å². The zero-order valence-electron chi connectivity index (χ0n) is 11.8. The fraction of sp³-hybridized carbons (Fsp3) is 0.667. The number of aryl methyl sites for hydroxylation is 1. The van der Waals surface area contributed by atoms with Crippen LogP contribution in [-0.4, -0.2) is 23.6 Å². The van der Waals surface area contributed by atoms with E-state index in [4.69, 9.17) is 5.73 Å². The Morgan fingerprint density at radius 1 is 1.50 bits per heavy atom. The summed E-state index contributed by atoms with van der Waals surface area (Å²) in [6.07, 6.45) is 6.81. The fourth-order valence-corrected chi connectivity index (χ4v) is 2.82. The van der Waals surface area contributed by atoms with Crippen molar-refractivity contribution in [2.75, 3.05) is 11.4 Å². The number of aromatic nitrogens is 1. The van der Waals surface area contributed by atoms with Gasteiger partial charge in [0, 0.05) is 24.8 Å². The largest absolute Gasteiger partial charge is 0.354 e. The lowest BCUT2D eigenvalue weighted by atomic mass is 10.0. The molecule has 1 aromatic rings. The second kappa shape index (κ2) is 5.70. The summed E-state index contributed by atoms with van der Waals surface area (Å²) in [4.78, 5) is 7.13. The summed E-state index contributed by atoms with van der Waals surface area (Å²) < 4.78 is 0. The number of pyridine rings is 1. The number of anilines is 1. The zero-order valence-corrected chi connectivity index (χ0v) is 11.8. The molecule has 1 aliphatic rings. The molecule has 2 atom stereocenters. The number of hydrogen-bond donors (Lipinski definition) is 1. The Hall–Kier alpha value is -1.09. The van der Waals surface area contributed by atoms with E-state index in [1.807, 2.05) is 13.1 Å². The third kappa shape index (κ3) is 3.02. The average Bonchev–Trinajstić information content (AvgIpc) is 2.30. The third-order valence-electron chi connectivity index (χ3n) is 3.74. The van der Waals surface area contributed by atoms with Crippen molar-refractivity contribution in [3.8, 4) is 0 Å². The van der Waals surface area contributed by atoms with Crippen molar-refractivity contribution in [2.24, 2.45) is 5.73 Å². The van der Waals surface area contributed by atoms with E-state index in [0.29, 0.717) is 6.04 Å². The molecule has 1 fully saturated rings. The molecule has 0 bridgehead atoms. The highest BCUT2D eigenvalue weighted by Gasteiger charge is 2.21. The topological polar surface area (TPSA) is 42.1 Å². The zero-order chi connectivity index (χ0) is 13.1. The summed E-state index contributed by atoms with van der Waals surface area (Å²) in [6.45, 7) is 7.64. The third-order valence-corrected chi connectivity index (χ3v) is 3.74. The van der Waals surface area contributed by atoms with E-state index in [0.717, 1.165) is 18.8 Å². The van der Waals surface area contributed by atoms with Crippen molar-refractivity contribution in [1.29, 1.82) is 0 Å². The second-order valence-electron chi connectivity index (χ2n) is 5.70. The van der Waals surface area contributed by atoms with Crippen LogP contribution in [0.25, 0.3) is 0 Å². The molecule has 100 valence electrons. The normalized spacial score (nSPS) is 22.0. The van der Waals surface area contributed by atoms with E-state index in [1.165, 1.54) is 30.4 Å². The Balaban J connectivity index is 2.18. The first-order valence-electron chi connectivity index (χ1n) is 7.05. The van der Waals surface area contributed by atoms with Crippen molar-refractivity contribution < 1.29 is 0 Å². The first-order valence-corrected chi connectivity index (χ1v) is 7.05. The predicted octanol–water partition coefficient (Wildman–Crippen LogP) is 2.66. The van der Waals surface area contributed by atoms with Crippen LogP contribution < -0.4 is 10.6 Å². The maximum Gasteiger partial charge on any atom is 0.131 e. The summed E-state index contributed by atoms with van der Waals surface area (Å²) in [7, 11) is 0. The summed E-state index contributed by atoms with van der Waals surface area (Å²) in [5, 5.41) is 0. The van der Waals surface area contributed by atoms with Gasteiger partial charge in [0.05, 0.1) is 0 Å². The Bertz CT molecular complexity index is 401. The molecule has 1 aliphatic heterocycles. The van der Waals surface area contributed by atoms with E-state index < -0.39 is 0 Å². The van der Waals surface area contributed by atoms with Crippen LogP contribution in [0, 0.1) is 6.92 Å². The molecule has 0 spiro atoms. The van der Waals surface area contributed by atoms with Gasteiger partial charge in [-0.15, -0.1) is 0 Å². The highest BCUT2D eigenvalue weighted by molar-refractivity contribution is 5.48. The van der Waals surface area contributed by atoms with Crippen molar-refractivity contribution >= 4 is 5.82 Å². The van der Waals surface area contributed by atoms with Gasteiger partial charge >= 0.3 is 0 Å². The van der Waals surface area contributed by atoms with Crippen LogP contribution in [0.15, 0.2) is 12.3 Å². The monoisotopic (exact) mass is 247 g/mol. The predicted molar refractivity (Wildman–Crippen MR) is 77.0 cm³/mol. The Labute approximate surface area is 110 Å². The average molecular weight is 247 g/mol. The molecule has 0 aliphatic carbocycles.